The molecule has 0 radical (unpaired) electrons. The van der Waals surface area contributed by atoms with Crippen molar-refractivity contribution < 1.29 is 13.9 Å². The molecule has 1 heterocycles. The molecule has 20 heavy (non-hydrogen) atoms. The molecule has 108 valence electrons. The zero-order valence-corrected chi connectivity index (χ0v) is 12.6. The summed E-state index contributed by atoms with van der Waals surface area (Å²) in [6.45, 7) is 8.25. The standard InChI is InChI=1S/C17H22O3/c1-10-5-12-8-19-9-15(12)16(20-11(2)18)14-7-17(3,4)6-13(10)14/h6,8-10,14,16H,5,7H2,1-4H3/t10-,14-,16+/m1/s1. The number of esters is 1. The molecule has 0 unspecified atom stereocenters. The summed E-state index contributed by atoms with van der Waals surface area (Å²) < 4.78 is 11.0. The van der Waals surface area contributed by atoms with Crippen LogP contribution in [-0.2, 0) is 16.0 Å². The molecule has 3 nitrogen and oxygen atoms in total. The Morgan fingerprint density at radius 3 is 2.85 bits per heavy atom. The Morgan fingerprint density at radius 1 is 1.40 bits per heavy atom. The minimum atomic E-state index is -0.222. The van der Waals surface area contributed by atoms with E-state index in [0.29, 0.717) is 5.92 Å². The van der Waals surface area contributed by atoms with Gasteiger partial charge < -0.3 is 9.15 Å². The lowest BCUT2D eigenvalue weighted by Gasteiger charge is -2.26. The monoisotopic (exact) mass is 274 g/mol. The number of hydrogen-bond acceptors (Lipinski definition) is 3. The molecule has 0 bridgehead atoms. The van der Waals surface area contributed by atoms with E-state index in [0.717, 1.165) is 18.4 Å². The second kappa shape index (κ2) is 4.51. The van der Waals surface area contributed by atoms with Crippen LogP contribution < -0.4 is 0 Å². The summed E-state index contributed by atoms with van der Waals surface area (Å²) >= 11 is 0. The average molecular weight is 274 g/mol. The van der Waals surface area contributed by atoms with E-state index in [2.05, 4.69) is 26.8 Å². The van der Waals surface area contributed by atoms with Crippen molar-refractivity contribution in [2.45, 2.75) is 46.6 Å². The number of fused-ring (bicyclic) bond motifs is 2. The van der Waals surface area contributed by atoms with Crippen molar-refractivity contribution in [1.29, 1.82) is 0 Å². The Bertz CT molecular complexity index is 565. The van der Waals surface area contributed by atoms with Crippen molar-refractivity contribution in [3.63, 3.8) is 0 Å². The molecule has 0 spiro atoms. The third kappa shape index (κ3) is 2.19. The van der Waals surface area contributed by atoms with Crippen LogP contribution in [0.15, 0.2) is 28.6 Å². The smallest absolute Gasteiger partial charge is 0.303 e. The molecule has 0 aliphatic heterocycles. The highest BCUT2D eigenvalue weighted by Crippen LogP contribution is 2.52. The minimum Gasteiger partial charge on any atom is -0.472 e. The van der Waals surface area contributed by atoms with Crippen LogP contribution in [0.2, 0.25) is 0 Å². The summed E-state index contributed by atoms with van der Waals surface area (Å²) in [4.78, 5) is 11.5. The van der Waals surface area contributed by atoms with Gasteiger partial charge in [0.2, 0.25) is 0 Å². The first-order valence-electron chi connectivity index (χ1n) is 7.32. The maximum Gasteiger partial charge on any atom is 0.303 e. The van der Waals surface area contributed by atoms with Crippen molar-refractivity contribution in [3.05, 3.63) is 35.3 Å². The summed E-state index contributed by atoms with van der Waals surface area (Å²) in [6, 6.07) is 0. The molecule has 3 rings (SSSR count). The van der Waals surface area contributed by atoms with Gasteiger partial charge in [0.25, 0.3) is 0 Å². The highest BCUT2D eigenvalue weighted by Gasteiger charge is 2.43. The minimum absolute atomic E-state index is 0.175. The van der Waals surface area contributed by atoms with Crippen molar-refractivity contribution >= 4 is 5.97 Å². The van der Waals surface area contributed by atoms with Crippen LogP contribution in [0.1, 0.15) is 51.3 Å². The molecular weight excluding hydrogens is 252 g/mol. The predicted molar refractivity (Wildman–Crippen MR) is 76.1 cm³/mol. The zero-order chi connectivity index (χ0) is 14.5. The number of allylic oxidation sites excluding steroid dienone is 1. The largest absolute Gasteiger partial charge is 0.472 e. The third-order valence-electron chi connectivity index (χ3n) is 4.57. The molecule has 0 aromatic carbocycles. The van der Waals surface area contributed by atoms with E-state index in [1.165, 1.54) is 18.1 Å². The molecule has 0 saturated heterocycles. The van der Waals surface area contributed by atoms with E-state index in [1.807, 2.05) is 0 Å². The van der Waals surface area contributed by atoms with Gasteiger partial charge in [0.15, 0.2) is 0 Å². The fourth-order valence-electron chi connectivity index (χ4n) is 3.83. The van der Waals surface area contributed by atoms with Crippen LogP contribution >= 0.6 is 0 Å². The molecule has 1 aromatic rings. The van der Waals surface area contributed by atoms with Crippen LogP contribution in [0.4, 0.5) is 0 Å². The van der Waals surface area contributed by atoms with E-state index in [1.54, 1.807) is 12.5 Å². The Labute approximate surface area is 120 Å². The van der Waals surface area contributed by atoms with Gasteiger partial charge in [-0.2, -0.15) is 0 Å². The fraction of sp³-hybridized carbons (Fsp3) is 0.588. The first-order chi connectivity index (χ1) is 9.37. The molecule has 2 aliphatic rings. The SMILES string of the molecule is CC(=O)O[C@@H]1c2cocc2C[C@@H](C)C2=CC(C)(C)C[C@H]21. The van der Waals surface area contributed by atoms with Gasteiger partial charge in [0.1, 0.15) is 6.10 Å². The molecule has 3 atom stereocenters. The summed E-state index contributed by atoms with van der Waals surface area (Å²) in [5.41, 5.74) is 3.85. The highest BCUT2D eigenvalue weighted by atomic mass is 16.5. The van der Waals surface area contributed by atoms with Gasteiger partial charge in [0.05, 0.1) is 12.5 Å². The predicted octanol–water partition coefficient (Wildman–Crippen LogP) is 4.05. The van der Waals surface area contributed by atoms with E-state index in [4.69, 9.17) is 9.15 Å². The number of rotatable bonds is 1. The number of carbonyl (C=O) groups excluding carboxylic acids is 1. The van der Waals surface area contributed by atoms with Crippen LogP contribution in [0, 0.1) is 17.3 Å². The Kier molecular flexibility index (Phi) is 3.03. The Balaban J connectivity index is 2.06. The summed E-state index contributed by atoms with van der Waals surface area (Å²) in [5.74, 6) is 0.530. The topological polar surface area (TPSA) is 39.4 Å². The highest BCUT2D eigenvalue weighted by molar-refractivity contribution is 5.66. The normalized spacial score (nSPS) is 31.0. The first-order valence-corrected chi connectivity index (χ1v) is 7.32. The van der Waals surface area contributed by atoms with Crippen molar-refractivity contribution in [2.75, 3.05) is 0 Å². The van der Waals surface area contributed by atoms with Crippen molar-refractivity contribution in [3.8, 4) is 0 Å². The Hall–Kier alpha value is -1.51. The lowest BCUT2D eigenvalue weighted by molar-refractivity contribution is -0.149. The van der Waals surface area contributed by atoms with Crippen LogP contribution in [-0.4, -0.2) is 5.97 Å². The molecular formula is C17H22O3. The van der Waals surface area contributed by atoms with Crippen LogP contribution in [0.5, 0.6) is 0 Å². The number of furan rings is 1. The first kappa shape index (κ1) is 13.5. The van der Waals surface area contributed by atoms with Crippen molar-refractivity contribution in [2.24, 2.45) is 17.3 Å². The summed E-state index contributed by atoms with van der Waals surface area (Å²) in [7, 11) is 0. The quantitative estimate of drug-likeness (QED) is 0.573. The third-order valence-corrected chi connectivity index (χ3v) is 4.57. The molecule has 0 fully saturated rings. The fourth-order valence-corrected chi connectivity index (χ4v) is 3.83. The van der Waals surface area contributed by atoms with Crippen LogP contribution in [0.3, 0.4) is 0 Å². The maximum atomic E-state index is 11.5. The molecule has 0 amide bonds. The van der Waals surface area contributed by atoms with Gasteiger partial charge in [-0.05, 0) is 29.7 Å². The molecule has 2 aliphatic carbocycles. The molecule has 3 heteroatoms. The number of hydrogen-bond donors (Lipinski definition) is 0. The van der Waals surface area contributed by atoms with Gasteiger partial charge in [-0.3, -0.25) is 4.79 Å². The molecule has 0 N–H and O–H groups in total. The number of carbonyl (C=O) groups is 1. The molecule has 1 aromatic heterocycles. The molecule has 0 saturated carbocycles. The zero-order valence-electron chi connectivity index (χ0n) is 12.6. The van der Waals surface area contributed by atoms with E-state index < -0.39 is 0 Å². The second-order valence-electron chi connectivity index (χ2n) is 6.93. The van der Waals surface area contributed by atoms with E-state index in [-0.39, 0.29) is 23.4 Å². The van der Waals surface area contributed by atoms with Gasteiger partial charge in [0, 0.05) is 18.4 Å². The second-order valence-corrected chi connectivity index (χ2v) is 6.93. The lowest BCUT2D eigenvalue weighted by atomic mass is 9.84. The number of ether oxygens (including phenoxy) is 1. The van der Waals surface area contributed by atoms with E-state index >= 15 is 0 Å². The van der Waals surface area contributed by atoms with Crippen molar-refractivity contribution in [1.82, 2.24) is 0 Å². The van der Waals surface area contributed by atoms with E-state index in [9.17, 15) is 4.79 Å². The Morgan fingerprint density at radius 2 is 2.15 bits per heavy atom. The van der Waals surface area contributed by atoms with Gasteiger partial charge in [-0.15, -0.1) is 0 Å². The van der Waals surface area contributed by atoms with Gasteiger partial charge in [-0.1, -0.05) is 32.4 Å². The maximum absolute atomic E-state index is 11.5. The van der Waals surface area contributed by atoms with Gasteiger partial charge in [-0.25, -0.2) is 0 Å². The average Bonchev–Trinajstić information content (AvgIpc) is 2.88. The van der Waals surface area contributed by atoms with Gasteiger partial charge >= 0.3 is 5.97 Å². The van der Waals surface area contributed by atoms with Crippen LogP contribution in [0.25, 0.3) is 0 Å². The summed E-state index contributed by atoms with van der Waals surface area (Å²) in [5, 5.41) is 0. The lowest BCUT2D eigenvalue weighted by Crippen LogP contribution is -2.20. The summed E-state index contributed by atoms with van der Waals surface area (Å²) in [6.07, 6.45) is 7.73.